The van der Waals surface area contributed by atoms with Crippen LogP contribution in [0.5, 0.6) is 0 Å². The molecule has 110 valence electrons. The Morgan fingerprint density at radius 3 is 1.68 bits per heavy atom. The number of anilines is 3. The van der Waals surface area contributed by atoms with Crippen LogP contribution in [-0.2, 0) is 0 Å². The smallest absolute Gasteiger partial charge is 0.0519 e. The average molecular weight is 287 g/mol. The minimum Gasteiger partial charge on any atom is -0.310 e. The molecule has 0 N–H and O–H groups in total. The maximum absolute atomic E-state index is 2.34. The molecule has 22 heavy (non-hydrogen) atoms. The fourth-order valence-electron chi connectivity index (χ4n) is 2.84. The predicted octanol–water partition coefficient (Wildman–Crippen LogP) is 6.08. The average Bonchev–Trinajstić information content (AvgIpc) is 2.53. The standard InChI is InChI=1S/C21H21N/c1-16-12-14-20(15-13-16)22(19-10-5-4-6-11-19)21-17(2)8-7-9-18(21)3/h4-15H,1-3H3. The first kappa shape index (κ1) is 14.4. The molecule has 1 heteroatoms. The Morgan fingerprint density at radius 2 is 1.09 bits per heavy atom. The van der Waals surface area contributed by atoms with Gasteiger partial charge in [0.05, 0.1) is 5.69 Å². The number of aryl methyl sites for hydroxylation is 3. The molecule has 0 amide bonds. The van der Waals surface area contributed by atoms with Gasteiger partial charge in [-0.1, -0.05) is 54.1 Å². The van der Waals surface area contributed by atoms with Crippen molar-refractivity contribution in [1.29, 1.82) is 0 Å². The van der Waals surface area contributed by atoms with Crippen LogP contribution in [0.2, 0.25) is 0 Å². The van der Waals surface area contributed by atoms with Gasteiger partial charge >= 0.3 is 0 Å². The van der Waals surface area contributed by atoms with E-state index in [1.807, 2.05) is 0 Å². The molecule has 0 radical (unpaired) electrons. The monoisotopic (exact) mass is 287 g/mol. The molecule has 0 unspecified atom stereocenters. The predicted molar refractivity (Wildman–Crippen MR) is 95.3 cm³/mol. The molecule has 1 nitrogen and oxygen atoms in total. The van der Waals surface area contributed by atoms with E-state index in [0.717, 1.165) is 0 Å². The molecule has 0 bridgehead atoms. The molecule has 0 fully saturated rings. The summed E-state index contributed by atoms with van der Waals surface area (Å²) in [5.41, 5.74) is 7.47. The Labute approximate surface area is 132 Å². The van der Waals surface area contributed by atoms with Gasteiger partial charge in [-0.3, -0.25) is 0 Å². The summed E-state index contributed by atoms with van der Waals surface area (Å²) in [5, 5.41) is 0. The minimum atomic E-state index is 1.18. The van der Waals surface area contributed by atoms with E-state index in [2.05, 4.69) is 98.5 Å². The summed E-state index contributed by atoms with van der Waals surface area (Å²) in [6.07, 6.45) is 0. The SMILES string of the molecule is Cc1ccc(N(c2ccccc2)c2c(C)cccc2C)cc1. The highest BCUT2D eigenvalue weighted by Crippen LogP contribution is 2.38. The van der Waals surface area contributed by atoms with E-state index >= 15 is 0 Å². The Balaban J connectivity index is 2.22. The van der Waals surface area contributed by atoms with Gasteiger partial charge in [-0.25, -0.2) is 0 Å². The van der Waals surface area contributed by atoms with Crippen molar-refractivity contribution in [3.8, 4) is 0 Å². The summed E-state index contributed by atoms with van der Waals surface area (Å²) >= 11 is 0. The Kier molecular flexibility index (Phi) is 3.97. The lowest BCUT2D eigenvalue weighted by atomic mass is 10.1. The summed E-state index contributed by atoms with van der Waals surface area (Å²) in [6, 6.07) is 25.7. The van der Waals surface area contributed by atoms with Crippen molar-refractivity contribution in [2.75, 3.05) is 4.90 Å². The Morgan fingerprint density at radius 1 is 0.545 bits per heavy atom. The lowest BCUT2D eigenvalue weighted by Crippen LogP contribution is -2.12. The summed E-state index contributed by atoms with van der Waals surface area (Å²) in [5.74, 6) is 0. The second-order valence-corrected chi connectivity index (χ2v) is 5.75. The van der Waals surface area contributed by atoms with E-state index in [1.165, 1.54) is 33.8 Å². The highest BCUT2D eigenvalue weighted by molar-refractivity contribution is 5.80. The van der Waals surface area contributed by atoms with E-state index in [0.29, 0.717) is 0 Å². The molecule has 0 aliphatic carbocycles. The third-order valence-corrected chi connectivity index (χ3v) is 3.97. The van der Waals surface area contributed by atoms with Gasteiger partial charge in [0.15, 0.2) is 0 Å². The molecular weight excluding hydrogens is 266 g/mol. The zero-order valence-corrected chi connectivity index (χ0v) is 13.4. The summed E-state index contributed by atoms with van der Waals surface area (Å²) in [7, 11) is 0. The maximum Gasteiger partial charge on any atom is 0.0519 e. The Bertz CT molecular complexity index is 737. The van der Waals surface area contributed by atoms with Crippen LogP contribution < -0.4 is 4.90 Å². The van der Waals surface area contributed by atoms with Gasteiger partial charge in [0.2, 0.25) is 0 Å². The first-order chi connectivity index (χ1) is 10.7. The van der Waals surface area contributed by atoms with Crippen LogP contribution in [0.1, 0.15) is 16.7 Å². The van der Waals surface area contributed by atoms with Crippen LogP contribution in [0.25, 0.3) is 0 Å². The van der Waals surface area contributed by atoms with E-state index < -0.39 is 0 Å². The fraction of sp³-hybridized carbons (Fsp3) is 0.143. The second kappa shape index (κ2) is 6.07. The van der Waals surface area contributed by atoms with Crippen molar-refractivity contribution < 1.29 is 0 Å². The molecule has 0 heterocycles. The zero-order valence-electron chi connectivity index (χ0n) is 13.4. The molecule has 3 rings (SSSR count). The van der Waals surface area contributed by atoms with Crippen LogP contribution in [0, 0.1) is 20.8 Å². The molecule has 0 spiro atoms. The molecule has 0 atom stereocenters. The number of para-hydroxylation sites is 2. The van der Waals surface area contributed by atoms with E-state index in [1.54, 1.807) is 0 Å². The second-order valence-electron chi connectivity index (χ2n) is 5.75. The highest BCUT2D eigenvalue weighted by Gasteiger charge is 2.15. The first-order valence-electron chi connectivity index (χ1n) is 7.65. The van der Waals surface area contributed by atoms with E-state index in [4.69, 9.17) is 0 Å². The van der Waals surface area contributed by atoms with Crippen molar-refractivity contribution in [2.24, 2.45) is 0 Å². The topological polar surface area (TPSA) is 3.24 Å². The molecule has 0 saturated heterocycles. The van der Waals surface area contributed by atoms with Crippen LogP contribution in [0.15, 0.2) is 72.8 Å². The van der Waals surface area contributed by atoms with Crippen LogP contribution >= 0.6 is 0 Å². The van der Waals surface area contributed by atoms with Gasteiger partial charge in [0.25, 0.3) is 0 Å². The number of hydrogen-bond donors (Lipinski definition) is 0. The quantitative estimate of drug-likeness (QED) is 0.564. The Hall–Kier alpha value is -2.54. The molecular formula is C21H21N. The van der Waals surface area contributed by atoms with Gasteiger partial charge in [-0.15, -0.1) is 0 Å². The van der Waals surface area contributed by atoms with Crippen molar-refractivity contribution >= 4 is 17.1 Å². The van der Waals surface area contributed by atoms with Crippen molar-refractivity contribution in [3.05, 3.63) is 89.5 Å². The molecule has 3 aromatic carbocycles. The third-order valence-electron chi connectivity index (χ3n) is 3.97. The summed E-state index contributed by atoms with van der Waals surface area (Å²) < 4.78 is 0. The van der Waals surface area contributed by atoms with E-state index in [-0.39, 0.29) is 0 Å². The summed E-state index contributed by atoms with van der Waals surface area (Å²) in [4.78, 5) is 2.34. The van der Waals surface area contributed by atoms with Gasteiger partial charge in [0.1, 0.15) is 0 Å². The minimum absolute atomic E-state index is 1.18. The van der Waals surface area contributed by atoms with Crippen molar-refractivity contribution in [3.63, 3.8) is 0 Å². The van der Waals surface area contributed by atoms with Crippen LogP contribution in [0.3, 0.4) is 0 Å². The van der Waals surface area contributed by atoms with Gasteiger partial charge in [-0.2, -0.15) is 0 Å². The highest BCUT2D eigenvalue weighted by atomic mass is 15.1. The molecule has 0 saturated carbocycles. The molecule has 0 aliphatic rings. The lowest BCUT2D eigenvalue weighted by Gasteiger charge is -2.28. The molecule has 0 aliphatic heterocycles. The van der Waals surface area contributed by atoms with Crippen molar-refractivity contribution in [2.45, 2.75) is 20.8 Å². The number of hydrogen-bond acceptors (Lipinski definition) is 1. The van der Waals surface area contributed by atoms with E-state index in [9.17, 15) is 0 Å². The number of benzene rings is 3. The van der Waals surface area contributed by atoms with Gasteiger partial charge < -0.3 is 4.90 Å². The third kappa shape index (κ3) is 2.75. The zero-order chi connectivity index (χ0) is 15.5. The number of nitrogens with zero attached hydrogens (tertiary/aromatic N) is 1. The van der Waals surface area contributed by atoms with Crippen molar-refractivity contribution in [1.82, 2.24) is 0 Å². The van der Waals surface area contributed by atoms with Gasteiger partial charge in [0, 0.05) is 11.4 Å². The fourth-order valence-corrected chi connectivity index (χ4v) is 2.84. The maximum atomic E-state index is 2.34. The molecule has 3 aromatic rings. The molecule has 0 aromatic heterocycles. The number of rotatable bonds is 3. The summed E-state index contributed by atoms with van der Waals surface area (Å²) in [6.45, 7) is 6.47. The lowest BCUT2D eigenvalue weighted by molar-refractivity contribution is 1.21. The van der Waals surface area contributed by atoms with Crippen LogP contribution in [0.4, 0.5) is 17.1 Å². The first-order valence-corrected chi connectivity index (χ1v) is 7.65. The van der Waals surface area contributed by atoms with Crippen LogP contribution in [-0.4, -0.2) is 0 Å². The van der Waals surface area contributed by atoms with Gasteiger partial charge in [-0.05, 0) is 56.2 Å². The normalized spacial score (nSPS) is 10.5. The largest absolute Gasteiger partial charge is 0.310 e.